The summed E-state index contributed by atoms with van der Waals surface area (Å²) in [5, 5.41) is 3.59. The molecule has 0 bridgehead atoms. The monoisotopic (exact) mass is 373 g/mol. The molecule has 138 valence electrons. The number of ether oxygens (including phenoxy) is 1. The van der Waals surface area contributed by atoms with Crippen LogP contribution >= 0.6 is 11.6 Å². The third-order valence-corrected chi connectivity index (χ3v) is 4.84. The van der Waals surface area contributed by atoms with E-state index >= 15 is 0 Å². The number of aryl methyl sites for hydroxylation is 1. The molecule has 1 fully saturated rings. The van der Waals surface area contributed by atoms with Gasteiger partial charge in [-0.15, -0.1) is 0 Å². The van der Waals surface area contributed by atoms with Crippen molar-refractivity contribution in [2.24, 2.45) is 0 Å². The molecule has 5 nitrogen and oxygen atoms in total. The van der Waals surface area contributed by atoms with Gasteiger partial charge in [0.25, 0.3) is 5.91 Å². The maximum atomic E-state index is 12.4. The van der Waals surface area contributed by atoms with Crippen LogP contribution in [0.4, 0.5) is 11.4 Å². The zero-order valence-corrected chi connectivity index (χ0v) is 15.9. The Morgan fingerprint density at radius 1 is 1.12 bits per heavy atom. The molecule has 3 rings (SSSR count). The minimum Gasteiger partial charge on any atom is -0.483 e. The summed E-state index contributed by atoms with van der Waals surface area (Å²) in [5.74, 6) is 0.513. The molecule has 1 aliphatic rings. The first-order chi connectivity index (χ1) is 12.5. The van der Waals surface area contributed by atoms with Gasteiger partial charge in [-0.3, -0.25) is 4.79 Å². The molecule has 1 amide bonds. The van der Waals surface area contributed by atoms with E-state index in [2.05, 4.69) is 22.2 Å². The molecular weight excluding hydrogens is 350 g/mol. The fourth-order valence-electron chi connectivity index (χ4n) is 3.02. The number of para-hydroxylation sites is 2. The van der Waals surface area contributed by atoms with E-state index in [1.54, 1.807) is 0 Å². The van der Waals surface area contributed by atoms with Crippen molar-refractivity contribution in [1.29, 1.82) is 0 Å². The fourth-order valence-corrected chi connectivity index (χ4v) is 3.31. The Bertz CT molecular complexity index is 773. The number of hydrogen-bond donors (Lipinski definition) is 1. The number of carbonyl (C=O) groups is 1. The van der Waals surface area contributed by atoms with Gasteiger partial charge < -0.3 is 19.9 Å². The zero-order valence-electron chi connectivity index (χ0n) is 15.2. The second-order valence-corrected chi connectivity index (χ2v) is 6.94. The van der Waals surface area contributed by atoms with Crippen molar-refractivity contribution >= 4 is 28.9 Å². The van der Waals surface area contributed by atoms with Gasteiger partial charge >= 0.3 is 0 Å². The number of hydrogen-bond acceptors (Lipinski definition) is 4. The van der Waals surface area contributed by atoms with Crippen LogP contribution in [0.2, 0.25) is 5.02 Å². The van der Waals surface area contributed by atoms with Crippen LogP contribution in [0, 0.1) is 6.92 Å². The van der Waals surface area contributed by atoms with Crippen LogP contribution in [-0.2, 0) is 4.79 Å². The standard InChI is InChI=1S/C20H24ClN3O2/c1-15-6-3-4-9-18(15)26-14-19(25)22-17-8-5-7-16(21)20(17)24-12-10-23(2)11-13-24/h3-9H,10-14H2,1-2H3,(H,22,25). The molecule has 0 atom stereocenters. The van der Waals surface area contributed by atoms with Gasteiger partial charge in [-0.25, -0.2) is 0 Å². The molecule has 1 N–H and O–H groups in total. The normalized spacial score (nSPS) is 15.0. The van der Waals surface area contributed by atoms with Gasteiger partial charge in [0, 0.05) is 26.2 Å². The predicted octanol–water partition coefficient (Wildman–Crippen LogP) is 3.42. The van der Waals surface area contributed by atoms with Gasteiger partial charge in [-0.2, -0.15) is 0 Å². The van der Waals surface area contributed by atoms with E-state index in [1.807, 2.05) is 49.4 Å². The molecule has 1 heterocycles. The third-order valence-electron chi connectivity index (χ3n) is 4.53. The number of amides is 1. The van der Waals surface area contributed by atoms with Crippen LogP contribution in [0.15, 0.2) is 42.5 Å². The molecule has 2 aromatic rings. The summed E-state index contributed by atoms with van der Waals surface area (Å²) in [7, 11) is 2.11. The number of likely N-dealkylation sites (N-methyl/N-ethyl adjacent to an activating group) is 1. The SMILES string of the molecule is Cc1ccccc1OCC(=O)Nc1cccc(Cl)c1N1CCN(C)CC1. The Balaban J connectivity index is 1.68. The van der Waals surface area contributed by atoms with E-state index in [0.29, 0.717) is 10.8 Å². The maximum Gasteiger partial charge on any atom is 0.262 e. The second kappa shape index (κ2) is 8.43. The summed E-state index contributed by atoms with van der Waals surface area (Å²) in [5.41, 5.74) is 2.60. The summed E-state index contributed by atoms with van der Waals surface area (Å²) in [6.45, 7) is 5.60. The van der Waals surface area contributed by atoms with Crippen molar-refractivity contribution in [1.82, 2.24) is 4.90 Å². The second-order valence-electron chi connectivity index (χ2n) is 6.53. The summed E-state index contributed by atoms with van der Waals surface area (Å²) in [6.07, 6.45) is 0. The van der Waals surface area contributed by atoms with E-state index in [1.165, 1.54) is 0 Å². The number of carbonyl (C=O) groups excluding carboxylic acids is 1. The Hall–Kier alpha value is -2.24. The molecule has 0 spiro atoms. The average Bonchev–Trinajstić information content (AvgIpc) is 2.62. The zero-order chi connectivity index (χ0) is 18.5. The number of nitrogens with zero attached hydrogens (tertiary/aromatic N) is 2. The lowest BCUT2D eigenvalue weighted by Crippen LogP contribution is -2.45. The summed E-state index contributed by atoms with van der Waals surface area (Å²) in [4.78, 5) is 16.9. The van der Waals surface area contributed by atoms with Crippen molar-refractivity contribution < 1.29 is 9.53 Å². The number of anilines is 2. The third kappa shape index (κ3) is 4.48. The highest BCUT2D eigenvalue weighted by Crippen LogP contribution is 2.34. The Morgan fingerprint density at radius 2 is 1.85 bits per heavy atom. The number of nitrogens with one attached hydrogen (secondary N) is 1. The Kier molecular flexibility index (Phi) is 6.01. The van der Waals surface area contributed by atoms with Gasteiger partial charge in [0.1, 0.15) is 5.75 Å². The van der Waals surface area contributed by atoms with Gasteiger partial charge in [-0.1, -0.05) is 35.9 Å². The average molecular weight is 374 g/mol. The van der Waals surface area contributed by atoms with Gasteiger partial charge in [0.05, 0.1) is 16.4 Å². The molecule has 26 heavy (non-hydrogen) atoms. The number of benzene rings is 2. The highest BCUT2D eigenvalue weighted by atomic mass is 35.5. The van der Waals surface area contributed by atoms with Crippen molar-refractivity contribution in [2.75, 3.05) is 50.1 Å². The lowest BCUT2D eigenvalue weighted by Gasteiger charge is -2.35. The van der Waals surface area contributed by atoms with Crippen LogP contribution in [0.5, 0.6) is 5.75 Å². The van der Waals surface area contributed by atoms with Crippen molar-refractivity contribution in [2.45, 2.75) is 6.92 Å². The number of rotatable bonds is 5. The van der Waals surface area contributed by atoms with Gasteiger partial charge in [0.15, 0.2) is 6.61 Å². The Morgan fingerprint density at radius 3 is 2.58 bits per heavy atom. The molecule has 6 heteroatoms. The molecule has 2 aromatic carbocycles. The van der Waals surface area contributed by atoms with E-state index in [4.69, 9.17) is 16.3 Å². The van der Waals surface area contributed by atoms with E-state index in [9.17, 15) is 4.79 Å². The van der Waals surface area contributed by atoms with Crippen molar-refractivity contribution in [3.05, 3.63) is 53.1 Å². The van der Waals surface area contributed by atoms with Gasteiger partial charge in [0.2, 0.25) is 0 Å². The lowest BCUT2D eigenvalue weighted by molar-refractivity contribution is -0.118. The highest BCUT2D eigenvalue weighted by molar-refractivity contribution is 6.34. The van der Waals surface area contributed by atoms with Crippen molar-refractivity contribution in [3.8, 4) is 5.75 Å². The lowest BCUT2D eigenvalue weighted by atomic mass is 10.2. The quantitative estimate of drug-likeness (QED) is 0.872. The molecule has 0 unspecified atom stereocenters. The summed E-state index contributed by atoms with van der Waals surface area (Å²) >= 11 is 6.44. The van der Waals surface area contributed by atoms with Gasteiger partial charge in [-0.05, 0) is 37.7 Å². The smallest absolute Gasteiger partial charge is 0.262 e. The molecule has 1 saturated heterocycles. The largest absolute Gasteiger partial charge is 0.483 e. The maximum absolute atomic E-state index is 12.4. The first kappa shape index (κ1) is 18.5. The van der Waals surface area contributed by atoms with E-state index in [0.717, 1.165) is 43.1 Å². The molecule has 0 aromatic heterocycles. The highest BCUT2D eigenvalue weighted by Gasteiger charge is 2.20. The van der Waals surface area contributed by atoms with Crippen LogP contribution in [0.3, 0.4) is 0 Å². The molecule has 1 aliphatic heterocycles. The predicted molar refractivity (Wildman–Crippen MR) is 106 cm³/mol. The fraction of sp³-hybridized carbons (Fsp3) is 0.350. The van der Waals surface area contributed by atoms with Crippen LogP contribution < -0.4 is 15.0 Å². The van der Waals surface area contributed by atoms with Crippen molar-refractivity contribution in [3.63, 3.8) is 0 Å². The summed E-state index contributed by atoms with van der Waals surface area (Å²) in [6, 6.07) is 13.2. The molecule has 0 aliphatic carbocycles. The molecule has 0 saturated carbocycles. The van der Waals surface area contributed by atoms with E-state index < -0.39 is 0 Å². The van der Waals surface area contributed by atoms with E-state index in [-0.39, 0.29) is 12.5 Å². The van der Waals surface area contributed by atoms with Crippen LogP contribution in [0.1, 0.15) is 5.56 Å². The molecular formula is C20H24ClN3O2. The minimum absolute atomic E-state index is 0.0421. The first-order valence-electron chi connectivity index (χ1n) is 8.75. The summed E-state index contributed by atoms with van der Waals surface area (Å²) < 4.78 is 5.64. The Labute approximate surface area is 159 Å². The number of halogens is 1. The minimum atomic E-state index is -0.203. The number of piperazine rings is 1. The molecule has 0 radical (unpaired) electrons. The van der Waals surface area contributed by atoms with Crippen LogP contribution in [0.25, 0.3) is 0 Å². The van der Waals surface area contributed by atoms with Crippen LogP contribution in [-0.4, -0.2) is 50.6 Å². The first-order valence-corrected chi connectivity index (χ1v) is 9.12. The topological polar surface area (TPSA) is 44.8 Å².